The van der Waals surface area contributed by atoms with Crippen LogP contribution in [0.4, 0.5) is 13.2 Å². The number of nitrogens with one attached hydrogen (secondary N) is 1. The Bertz CT molecular complexity index is 479. The van der Waals surface area contributed by atoms with Gasteiger partial charge in [-0.1, -0.05) is 17.3 Å². The van der Waals surface area contributed by atoms with Crippen LogP contribution in [0.5, 0.6) is 0 Å². The summed E-state index contributed by atoms with van der Waals surface area (Å²) in [4.78, 5) is 3.80. The maximum absolute atomic E-state index is 12.3. The zero-order valence-corrected chi connectivity index (χ0v) is 9.24. The molecule has 4 nitrogen and oxygen atoms in total. The average Bonchev–Trinajstić information content (AvgIpc) is 2.82. The van der Waals surface area contributed by atoms with Gasteiger partial charge in [-0.2, -0.15) is 18.2 Å². The molecule has 0 aliphatic rings. The Balaban J connectivity index is 1.87. The van der Waals surface area contributed by atoms with Crippen molar-refractivity contribution in [2.75, 3.05) is 0 Å². The molecule has 0 aliphatic carbocycles. The van der Waals surface area contributed by atoms with Gasteiger partial charge in [-0.25, -0.2) is 0 Å². The van der Waals surface area contributed by atoms with Gasteiger partial charge < -0.3 is 9.84 Å². The molecule has 7 heteroatoms. The first-order valence-corrected chi connectivity index (χ1v) is 5.18. The van der Waals surface area contributed by atoms with Crippen molar-refractivity contribution >= 4 is 0 Å². The molecule has 1 N–H and O–H groups in total. The van der Waals surface area contributed by atoms with Crippen LogP contribution in [0.15, 0.2) is 35.2 Å². The molecule has 1 aromatic heterocycles. The molecule has 2 rings (SSSR count). The summed E-state index contributed by atoms with van der Waals surface area (Å²) in [6, 6.07) is 4.99. The normalized spacial score (nSPS) is 11.7. The number of rotatable bonds is 4. The third kappa shape index (κ3) is 3.30. The molecule has 0 saturated heterocycles. The summed E-state index contributed by atoms with van der Waals surface area (Å²) in [5, 5.41) is 6.59. The van der Waals surface area contributed by atoms with Gasteiger partial charge >= 0.3 is 6.18 Å². The first kappa shape index (κ1) is 12.6. The van der Waals surface area contributed by atoms with Crippen LogP contribution in [0.25, 0.3) is 0 Å². The molecule has 1 heterocycles. The molecule has 0 spiro atoms. The molecule has 0 unspecified atom stereocenters. The van der Waals surface area contributed by atoms with E-state index in [1.807, 2.05) is 0 Å². The lowest BCUT2D eigenvalue weighted by atomic mass is 10.1. The summed E-state index contributed by atoms with van der Waals surface area (Å²) in [6.07, 6.45) is -3.08. The van der Waals surface area contributed by atoms with Gasteiger partial charge in [0.1, 0.15) is 0 Å². The van der Waals surface area contributed by atoms with E-state index in [2.05, 4.69) is 20.0 Å². The number of benzene rings is 1. The lowest BCUT2D eigenvalue weighted by Gasteiger charge is -2.07. The van der Waals surface area contributed by atoms with E-state index in [1.165, 1.54) is 18.5 Å². The first-order valence-electron chi connectivity index (χ1n) is 5.18. The molecule has 0 saturated carbocycles. The zero-order chi connectivity index (χ0) is 13.0. The predicted octanol–water partition coefficient (Wildman–Crippen LogP) is 2.38. The van der Waals surface area contributed by atoms with Crippen molar-refractivity contribution in [2.45, 2.75) is 19.3 Å². The number of hydrogen-bond acceptors (Lipinski definition) is 4. The van der Waals surface area contributed by atoms with Gasteiger partial charge in [-0.05, 0) is 17.7 Å². The van der Waals surface area contributed by atoms with Gasteiger partial charge in [0, 0.05) is 6.54 Å². The number of aromatic nitrogens is 2. The number of nitrogens with zero attached hydrogens (tertiary/aromatic N) is 2. The van der Waals surface area contributed by atoms with Gasteiger partial charge in [-0.15, -0.1) is 0 Å². The maximum atomic E-state index is 12.3. The fourth-order valence-corrected chi connectivity index (χ4v) is 1.40. The monoisotopic (exact) mass is 257 g/mol. The number of alkyl halides is 3. The third-order valence-corrected chi connectivity index (χ3v) is 2.30. The van der Waals surface area contributed by atoms with E-state index in [0.29, 0.717) is 18.9 Å². The van der Waals surface area contributed by atoms with Crippen molar-refractivity contribution in [1.82, 2.24) is 15.5 Å². The molecule has 2 aromatic rings. The third-order valence-electron chi connectivity index (χ3n) is 2.30. The second-order valence-corrected chi connectivity index (χ2v) is 3.65. The van der Waals surface area contributed by atoms with Crippen molar-refractivity contribution in [3.05, 3.63) is 47.6 Å². The topological polar surface area (TPSA) is 51.0 Å². The predicted molar refractivity (Wildman–Crippen MR) is 56.3 cm³/mol. The molecule has 0 radical (unpaired) electrons. The van der Waals surface area contributed by atoms with E-state index in [4.69, 9.17) is 0 Å². The molecule has 0 amide bonds. The van der Waals surface area contributed by atoms with Crippen LogP contribution in [0.3, 0.4) is 0 Å². The maximum Gasteiger partial charge on any atom is 0.416 e. The Kier molecular flexibility index (Phi) is 3.61. The summed E-state index contributed by atoms with van der Waals surface area (Å²) < 4.78 is 41.5. The smallest absolute Gasteiger partial charge is 0.343 e. The minimum Gasteiger partial charge on any atom is -0.343 e. The first-order chi connectivity index (χ1) is 8.55. The van der Waals surface area contributed by atoms with Gasteiger partial charge in [0.05, 0.1) is 12.1 Å². The van der Waals surface area contributed by atoms with Crippen molar-refractivity contribution in [2.24, 2.45) is 0 Å². The van der Waals surface area contributed by atoms with Crippen LogP contribution < -0.4 is 5.32 Å². The zero-order valence-electron chi connectivity index (χ0n) is 9.24. The van der Waals surface area contributed by atoms with Crippen molar-refractivity contribution in [1.29, 1.82) is 0 Å². The summed E-state index contributed by atoms with van der Waals surface area (Å²) in [5.41, 5.74) is 0.107. The highest BCUT2D eigenvalue weighted by molar-refractivity contribution is 5.24. The van der Waals surface area contributed by atoms with Crippen LogP contribution in [-0.4, -0.2) is 10.1 Å². The van der Waals surface area contributed by atoms with Gasteiger partial charge in [0.2, 0.25) is 6.39 Å². The molecule has 0 atom stereocenters. The highest BCUT2D eigenvalue weighted by Gasteiger charge is 2.29. The summed E-state index contributed by atoms with van der Waals surface area (Å²) in [5.74, 6) is 0.502. The Morgan fingerprint density at radius 1 is 1.11 bits per heavy atom. The second-order valence-electron chi connectivity index (χ2n) is 3.65. The lowest BCUT2D eigenvalue weighted by Crippen LogP contribution is -2.14. The Morgan fingerprint density at radius 3 is 2.39 bits per heavy atom. The van der Waals surface area contributed by atoms with Crippen LogP contribution in [0.2, 0.25) is 0 Å². The standard InChI is InChI=1S/C11H10F3N3O/c12-11(13,14)9-3-1-8(2-4-9)5-15-6-10-16-7-18-17-10/h1-4,7,15H,5-6H2. The molecule has 0 bridgehead atoms. The largest absolute Gasteiger partial charge is 0.416 e. The van der Waals surface area contributed by atoms with Gasteiger partial charge in [0.25, 0.3) is 0 Å². The van der Waals surface area contributed by atoms with Crippen molar-refractivity contribution in [3.63, 3.8) is 0 Å². The van der Waals surface area contributed by atoms with E-state index >= 15 is 0 Å². The van der Waals surface area contributed by atoms with E-state index in [-0.39, 0.29) is 0 Å². The quantitative estimate of drug-likeness (QED) is 0.913. The Hall–Kier alpha value is -1.89. The van der Waals surface area contributed by atoms with Crippen molar-refractivity contribution in [3.8, 4) is 0 Å². The molecule has 96 valence electrons. The second kappa shape index (κ2) is 5.18. The Morgan fingerprint density at radius 2 is 1.83 bits per heavy atom. The van der Waals surface area contributed by atoms with Gasteiger partial charge in [-0.3, -0.25) is 0 Å². The van der Waals surface area contributed by atoms with Crippen LogP contribution in [0, 0.1) is 0 Å². The molecule has 1 aromatic carbocycles. The van der Waals surface area contributed by atoms with E-state index in [9.17, 15) is 13.2 Å². The molecule has 0 aliphatic heterocycles. The molecule has 18 heavy (non-hydrogen) atoms. The average molecular weight is 257 g/mol. The molecular formula is C11H10F3N3O. The van der Waals surface area contributed by atoms with Crippen LogP contribution >= 0.6 is 0 Å². The molecule has 0 fully saturated rings. The lowest BCUT2D eigenvalue weighted by molar-refractivity contribution is -0.137. The van der Waals surface area contributed by atoms with E-state index in [0.717, 1.165) is 17.7 Å². The molecular weight excluding hydrogens is 247 g/mol. The highest BCUT2D eigenvalue weighted by atomic mass is 19.4. The fraction of sp³-hybridized carbons (Fsp3) is 0.273. The summed E-state index contributed by atoms with van der Waals surface area (Å²) in [7, 11) is 0. The van der Waals surface area contributed by atoms with Gasteiger partial charge in [0.15, 0.2) is 5.82 Å². The minimum atomic E-state index is -4.30. The van der Waals surface area contributed by atoms with Crippen molar-refractivity contribution < 1.29 is 17.7 Å². The van der Waals surface area contributed by atoms with E-state index < -0.39 is 11.7 Å². The summed E-state index contributed by atoms with van der Waals surface area (Å²) >= 11 is 0. The minimum absolute atomic E-state index is 0.400. The Labute approximate surface area is 101 Å². The number of halogens is 3. The SMILES string of the molecule is FC(F)(F)c1ccc(CNCc2ncon2)cc1. The fourth-order valence-electron chi connectivity index (χ4n) is 1.40. The summed E-state index contributed by atoms with van der Waals surface area (Å²) in [6.45, 7) is 0.837. The van der Waals surface area contributed by atoms with Crippen LogP contribution in [-0.2, 0) is 19.3 Å². The number of hydrogen-bond donors (Lipinski definition) is 1. The van der Waals surface area contributed by atoms with Crippen LogP contribution in [0.1, 0.15) is 17.0 Å². The highest BCUT2D eigenvalue weighted by Crippen LogP contribution is 2.28. The van der Waals surface area contributed by atoms with E-state index in [1.54, 1.807) is 0 Å².